The maximum atomic E-state index is 12.9. The first-order chi connectivity index (χ1) is 13.6. The molecule has 0 aromatic heterocycles. The van der Waals surface area contributed by atoms with Gasteiger partial charge >= 0.3 is 0 Å². The minimum Gasteiger partial charge on any atom is -0.298 e. The number of carbonyl (C=O) groups excluding carboxylic acids is 1. The summed E-state index contributed by atoms with van der Waals surface area (Å²) in [6.45, 7) is 2.04. The molecule has 8 nitrogen and oxygen atoms in total. The zero-order chi connectivity index (χ0) is 19.7. The number of fused-ring (bicyclic) bond motifs is 2. The first-order valence-electron chi connectivity index (χ1n) is 8.82. The second kappa shape index (κ2) is 7.43. The first kappa shape index (κ1) is 18.2. The van der Waals surface area contributed by atoms with E-state index in [0.29, 0.717) is 27.0 Å². The molecule has 142 valence electrons. The van der Waals surface area contributed by atoms with E-state index in [1.54, 1.807) is 30.3 Å². The molecule has 2 aliphatic heterocycles. The van der Waals surface area contributed by atoms with Crippen molar-refractivity contribution in [2.24, 2.45) is 10.1 Å². The van der Waals surface area contributed by atoms with E-state index in [9.17, 15) is 14.9 Å². The number of nitrogens with one attached hydrogen (secondary N) is 1. The van der Waals surface area contributed by atoms with E-state index in [0.717, 1.165) is 12.2 Å². The summed E-state index contributed by atoms with van der Waals surface area (Å²) in [6.07, 6.45) is 0.131. The molecule has 2 aromatic carbocycles. The van der Waals surface area contributed by atoms with Crippen LogP contribution in [0.4, 0.5) is 5.69 Å². The molecule has 2 heterocycles. The van der Waals surface area contributed by atoms with Gasteiger partial charge < -0.3 is 0 Å². The van der Waals surface area contributed by atoms with Gasteiger partial charge in [-0.15, -0.1) is 5.10 Å². The highest BCUT2D eigenvalue weighted by Gasteiger charge is 2.36. The number of hydrogen-bond acceptors (Lipinski definition) is 7. The molecule has 0 bridgehead atoms. The Labute approximate surface area is 164 Å². The normalized spacial score (nSPS) is 17.8. The smallest absolute Gasteiger partial charge is 0.276 e. The SMILES string of the molecule is CCCSC1=NN2C(=c3ccccc3=N[C@@H]2c2ccccc2[N+](=O)[O-])C(=O)N1. The molecule has 1 amide bonds. The van der Waals surface area contributed by atoms with Gasteiger partial charge in [-0.05, 0) is 18.6 Å². The van der Waals surface area contributed by atoms with E-state index in [1.165, 1.54) is 22.8 Å². The molecule has 0 radical (unpaired) electrons. The number of thioether (sulfide) groups is 1. The zero-order valence-corrected chi connectivity index (χ0v) is 15.8. The highest BCUT2D eigenvalue weighted by Crippen LogP contribution is 2.35. The van der Waals surface area contributed by atoms with E-state index >= 15 is 0 Å². The van der Waals surface area contributed by atoms with Crippen LogP contribution in [0.5, 0.6) is 0 Å². The van der Waals surface area contributed by atoms with Crippen LogP contribution < -0.4 is 15.9 Å². The van der Waals surface area contributed by atoms with Crippen molar-refractivity contribution in [3.63, 3.8) is 0 Å². The lowest BCUT2D eigenvalue weighted by Crippen LogP contribution is -2.50. The van der Waals surface area contributed by atoms with Gasteiger partial charge in [0.15, 0.2) is 11.3 Å². The van der Waals surface area contributed by atoms with Crippen LogP contribution in [0.15, 0.2) is 58.6 Å². The number of rotatable bonds is 4. The lowest BCUT2D eigenvalue weighted by molar-refractivity contribution is -0.385. The van der Waals surface area contributed by atoms with Gasteiger partial charge in [-0.2, -0.15) is 0 Å². The summed E-state index contributed by atoms with van der Waals surface area (Å²) in [7, 11) is 0. The zero-order valence-electron chi connectivity index (χ0n) is 15.0. The first-order valence-corrected chi connectivity index (χ1v) is 9.81. The van der Waals surface area contributed by atoms with E-state index in [2.05, 4.69) is 10.4 Å². The number of hydrogen-bond donors (Lipinski definition) is 1. The summed E-state index contributed by atoms with van der Waals surface area (Å²) in [5.74, 6) is 0.506. The van der Waals surface area contributed by atoms with Crippen LogP contribution in [0, 0.1) is 10.1 Å². The fourth-order valence-electron chi connectivity index (χ4n) is 3.17. The van der Waals surface area contributed by atoms with E-state index in [4.69, 9.17) is 4.99 Å². The monoisotopic (exact) mass is 395 g/mol. The van der Waals surface area contributed by atoms with Crippen molar-refractivity contribution in [3.05, 3.63) is 74.8 Å². The number of nitro groups is 1. The Kier molecular flexibility index (Phi) is 4.82. The molecule has 28 heavy (non-hydrogen) atoms. The summed E-state index contributed by atoms with van der Waals surface area (Å²) in [6, 6.07) is 13.7. The molecular formula is C19H17N5O3S. The Hall–Kier alpha value is -3.20. The highest BCUT2D eigenvalue weighted by atomic mass is 32.2. The third-order valence-electron chi connectivity index (χ3n) is 4.37. The average Bonchev–Trinajstić information content (AvgIpc) is 2.71. The summed E-state index contributed by atoms with van der Waals surface area (Å²) in [5.41, 5.74) is 0.673. The van der Waals surface area contributed by atoms with E-state index in [-0.39, 0.29) is 11.6 Å². The highest BCUT2D eigenvalue weighted by molar-refractivity contribution is 8.13. The Bertz CT molecular complexity index is 1110. The van der Waals surface area contributed by atoms with Gasteiger partial charge in [0.25, 0.3) is 11.6 Å². The molecule has 1 N–H and O–H groups in total. The van der Waals surface area contributed by atoms with Crippen LogP contribution in [-0.2, 0) is 4.79 Å². The molecule has 2 aliphatic rings. The molecule has 0 saturated carbocycles. The van der Waals surface area contributed by atoms with Crippen molar-refractivity contribution in [1.82, 2.24) is 10.3 Å². The lowest BCUT2D eigenvalue weighted by atomic mass is 10.1. The van der Waals surface area contributed by atoms with Crippen molar-refractivity contribution in [3.8, 4) is 0 Å². The summed E-state index contributed by atoms with van der Waals surface area (Å²) < 4.78 is 0. The van der Waals surface area contributed by atoms with Crippen molar-refractivity contribution in [2.45, 2.75) is 19.5 Å². The number of benzene rings is 2. The molecule has 4 rings (SSSR count). The lowest BCUT2D eigenvalue weighted by Gasteiger charge is -2.33. The molecule has 0 spiro atoms. The molecule has 9 heteroatoms. The van der Waals surface area contributed by atoms with Crippen LogP contribution in [0.2, 0.25) is 0 Å². The molecule has 2 aromatic rings. The number of hydrazone groups is 1. The van der Waals surface area contributed by atoms with Gasteiger partial charge in [-0.1, -0.05) is 49.0 Å². The van der Waals surface area contributed by atoms with Gasteiger partial charge in [0.2, 0.25) is 0 Å². The second-order valence-electron chi connectivity index (χ2n) is 6.24. The minimum atomic E-state index is -0.797. The molecule has 0 fully saturated rings. The van der Waals surface area contributed by atoms with Crippen molar-refractivity contribution in [2.75, 3.05) is 5.75 Å². The maximum Gasteiger partial charge on any atom is 0.276 e. The van der Waals surface area contributed by atoms with Gasteiger partial charge in [0.1, 0.15) is 5.70 Å². The second-order valence-corrected chi connectivity index (χ2v) is 7.32. The van der Waals surface area contributed by atoms with Crippen molar-refractivity contribution >= 4 is 34.2 Å². The van der Waals surface area contributed by atoms with Crippen LogP contribution in [0.1, 0.15) is 25.1 Å². The minimum absolute atomic E-state index is 0.0566. The van der Waals surface area contributed by atoms with Crippen LogP contribution >= 0.6 is 11.8 Å². The Balaban J connectivity index is 1.94. The Morgan fingerprint density at radius 3 is 2.75 bits per heavy atom. The summed E-state index contributed by atoms with van der Waals surface area (Å²) >= 11 is 1.43. The fourth-order valence-corrected chi connectivity index (χ4v) is 3.87. The van der Waals surface area contributed by atoms with Crippen molar-refractivity contribution in [1.29, 1.82) is 0 Å². The topological polar surface area (TPSA) is 100 Å². The Morgan fingerprint density at radius 1 is 1.21 bits per heavy atom. The molecule has 0 unspecified atom stereocenters. The van der Waals surface area contributed by atoms with Crippen LogP contribution in [0.3, 0.4) is 0 Å². The van der Waals surface area contributed by atoms with Crippen molar-refractivity contribution < 1.29 is 9.72 Å². The Morgan fingerprint density at radius 2 is 1.96 bits per heavy atom. The molecular weight excluding hydrogens is 378 g/mol. The van der Waals surface area contributed by atoms with Crippen LogP contribution in [0.25, 0.3) is 5.70 Å². The summed E-state index contributed by atoms with van der Waals surface area (Å²) in [5, 5.41) is 22.2. The van der Waals surface area contributed by atoms with E-state index < -0.39 is 11.1 Å². The number of amides is 1. The van der Waals surface area contributed by atoms with Gasteiger partial charge in [-0.25, -0.2) is 5.01 Å². The number of para-hydroxylation sites is 2. The third kappa shape index (κ3) is 3.13. The van der Waals surface area contributed by atoms with Gasteiger partial charge in [-0.3, -0.25) is 25.2 Å². The average molecular weight is 395 g/mol. The number of nitrogens with zero attached hydrogens (tertiary/aromatic N) is 4. The van der Waals surface area contributed by atoms with Gasteiger partial charge in [0.05, 0.1) is 15.8 Å². The van der Waals surface area contributed by atoms with E-state index in [1.807, 2.05) is 19.1 Å². The third-order valence-corrected chi connectivity index (χ3v) is 5.44. The number of nitro benzene ring substituents is 1. The quantitative estimate of drug-likeness (QED) is 0.629. The predicted molar refractivity (Wildman–Crippen MR) is 107 cm³/mol. The maximum absolute atomic E-state index is 12.9. The standard InChI is InChI=1S/C19H17N5O3S/c1-2-11-28-19-21-18(25)16-12-7-3-5-9-14(12)20-17(23(16)22-19)13-8-4-6-10-15(13)24(26)27/h3-10,17H,2,11H2,1H3,(H,21,22,25)/t17-/m0/s1. The molecule has 1 atom stereocenters. The number of carbonyl (C=O) groups is 1. The fraction of sp³-hybridized carbons (Fsp3) is 0.211. The van der Waals surface area contributed by atoms with Gasteiger partial charge in [0, 0.05) is 17.0 Å². The number of amidine groups is 1. The molecule has 0 saturated heterocycles. The predicted octanol–water partition coefficient (Wildman–Crippen LogP) is 1.88. The molecule has 0 aliphatic carbocycles. The summed E-state index contributed by atoms with van der Waals surface area (Å²) in [4.78, 5) is 28.7. The largest absolute Gasteiger partial charge is 0.298 e. The van der Waals surface area contributed by atoms with Crippen LogP contribution in [-0.4, -0.2) is 26.8 Å².